The molecule has 0 saturated carbocycles. The van der Waals surface area contributed by atoms with E-state index in [1.165, 1.54) is 0 Å². The molecule has 39 heavy (non-hydrogen) atoms. The van der Waals surface area contributed by atoms with Gasteiger partial charge in [-0.2, -0.15) is 0 Å². The van der Waals surface area contributed by atoms with Crippen LogP contribution >= 0.6 is 0 Å². The topological polar surface area (TPSA) is 114 Å². The molecule has 1 aliphatic carbocycles. The third-order valence-corrected chi connectivity index (χ3v) is 6.98. The number of hydrogen-bond donors (Lipinski definition) is 3. The quantitative estimate of drug-likeness (QED) is 0.308. The maximum absolute atomic E-state index is 13.2. The maximum atomic E-state index is 13.2. The molecule has 8 heteroatoms. The van der Waals surface area contributed by atoms with Crippen LogP contribution in [0.3, 0.4) is 0 Å². The number of hydrogen-bond acceptors (Lipinski definition) is 5. The van der Waals surface area contributed by atoms with Gasteiger partial charge in [0.15, 0.2) is 0 Å². The molecule has 0 fully saturated rings. The van der Waals surface area contributed by atoms with Crippen molar-refractivity contribution in [2.45, 2.75) is 57.4 Å². The number of ether oxygens (including phenoxy) is 2. The molecule has 3 unspecified atom stereocenters. The summed E-state index contributed by atoms with van der Waals surface area (Å²) >= 11 is 0. The molecule has 2 amide bonds. The van der Waals surface area contributed by atoms with Crippen molar-refractivity contribution in [2.75, 3.05) is 6.61 Å². The van der Waals surface area contributed by atoms with Crippen LogP contribution in [0, 0.1) is 0 Å². The fourth-order valence-corrected chi connectivity index (χ4v) is 4.86. The van der Waals surface area contributed by atoms with Crippen molar-refractivity contribution in [3.8, 4) is 11.1 Å². The first-order valence-corrected chi connectivity index (χ1v) is 13.2. The second kappa shape index (κ2) is 13.1. The molecule has 0 bridgehead atoms. The van der Waals surface area contributed by atoms with Crippen molar-refractivity contribution in [1.29, 1.82) is 0 Å². The lowest BCUT2D eigenvalue weighted by molar-refractivity contribution is -0.138. The Morgan fingerprint density at radius 2 is 1.46 bits per heavy atom. The Labute approximate surface area is 228 Å². The molecule has 0 heterocycles. The average Bonchev–Trinajstić information content (AvgIpc) is 3.27. The van der Waals surface area contributed by atoms with Crippen LogP contribution in [0.15, 0.2) is 78.9 Å². The van der Waals surface area contributed by atoms with Gasteiger partial charge in [0.25, 0.3) is 0 Å². The number of amides is 2. The molecule has 3 aromatic carbocycles. The second-order valence-electron chi connectivity index (χ2n) is 9.66. The third kappa shape index (κ3) is 7.03. The Hall–Kier alpha value is -4.17. The van der Waals surface area contributed by atoms with E-state index < -0.39 is 36.2 Å². The van der Waals surface area contributed by atoms with Gasteiger partial charge in [-0.3, -0.25) is 9.59 Å². The van der Waals surface area contributed by atoms with Crippen LogP contribution in [0.5, 0.6) is 0 Å². The predicted molar refractivity (Wildman–Crippen MR) is 147 cm³/mol. The molecule has 8 nitrogen and oxygen atoms in total. The van der Waals surface area contributed by atoms with Gasteiger partial charge < -0.3 is 25.2 Å². The Morgan fingerprint density at radius 1 is 0.872 bits per heavy atom. The Morgan fingerprint density at radius 3 is 2.05 bits per heavy atom. The number of aliphatic carboxylic acids is 1. The molecule has 0 spiro atoms. The fraction of sp³-hybridized carbons (Fsp3) is 0.323. The smallest absolute Gasteiger partial charge is 0.407 e. The molecule has 3 atom stereocenters. The highest BCUT2D eigenvalue weighted by molar-refractivity contribution is 5.87. The molecule has 1 aliphatic rings. The third-order valence-electron chi connectivity index (χ3n) is 6.98. The molecule has 0 radical (unpaired) electrons. The number of benzene rings is 3. The van der Waals surface area contributed by atoms with Gasteiger partial charge in [0.2, 0.25) is 5.91 Å². The van der Waals surface area contributed by atoms with Crippen molar-refractivity contribution in [3.05, 3.63) is 95.6 Å². The molecule has 3 aromatic rings. The van der Waals surface area contributed by atoms with Crippen LogP contribution in [0.4, 0.5) is 4.79 Å². The van der Waals surface area contributed by atoms with Crippen molar-refractivity contribution in [2.24, 2.45) is 0 Å². The summed E-state index contributed by atoms with van der Waals surface area (Å²) in [7, 11) is 0. The van der Waals surface area contributed by atoms with E-state index in [0.717, 1.165) is 27.8 Å². The molecule has 0 aromatic heterocycles. The standard InChI is InChI=1S/C31H34N2O6/c1-3-22(17-28(34)35)32-30(36)29(20(2)38-18-21-11-5-4-6-12-21)33-31(37)39-19-27-25-15-9-7-13-23(25)24-14-8-10-16-26(24)27/h4-16,20,22,27,29H,3,17-19H2,1-2H3,(H,32,36)(H,33,37)(H,34,35). The molecular formula is C31H34N2O6. The summed E-state index contributed by atoms with van der Waals surface area (Å²) in [6.45, 7) is 3.82. The minimum atomic E-state index is -1.09. The van der Waals surface area contributed by atoms with Crippen molar-refractivity contribution in [3.63, 3.8) is 0 Å². The van der Waals surface area contributed by atoms with E-state index in [-0.39, 0.29) is 25.6 Å². The van der Waals surface area contributed by atoms with E-state index in [9.17, 15) is 19.5 Å². The zero-order valence-corrected chi connectivity index (χ0v) is 22.1. The molecule has 204 valence electrons. The van der Waals surface area contributed by atoms with E-state index in [4.69, 9.17) is 9.47 Å². The number of carbonyl (C=O) groups excluding carboxylic acids is 2. The first kappa shape index (κ1) is 27.9. The Bertz CT molecular complexity index is 1250. The number of rotatable bonds is 12. The lowest BCUT2D eigenvalue weighted by Gasteiger charge is -2.27. The van der Waals surface area contributed by atoms with Crippen molar-refractivity contribution >= 4 is 18.0 Å². The summed E-state index contributed by atoms with van der Waals surface area (Å²) in [5.74, 6) is -1.67. The summed E-state index contributed by atoms with van der Waals surface area (Å²) < 4.78 is 11.6. The second-order valence-corrected chi connectivity index (χ2v) is 9.66. The highest BCUT2D eigenvalue weighted by Crippen LogP contribution is 2.44. The average molecular weight is 531 g/mol. The van der Waals surface area contributed by atoms with Gasteiger partial charge >= 0.3 is 12.1 Å². The monoisotopic (exact) mass is 530 g/mol. The number of nitrogens with one attached hydrogen (secondary N) is 2. The predicted octanol–water partition coefficient (Wildman–Crippen LogP) is 4.87. The van der Waals surface area contributed by atoms with Crippen LogP contribution in [0.2, 0.25) is 0 Å². The largest absolute Gasteiger partial charge is 0.481 e. The van der Waals surface area contributed by atoms with Crippen LogP contribution in [-0.2, 0) is 25.7 Å². The summed E-state index contributed by atoms with van der Waals surface area (Å²) in [6, 6.07) is 23.9. The molecular weight excluding hydrogens is 496 g/mol. The number of carboxylic acid groups (broad SMARTS) is 1. The van der Waals surface area contributed by atoms with E-state index in [1.54, 1.807) is 13.8 Å². The Balaban J connectivity index is 1.44. The minimum absolute atomic E-state index is 0.101. The number of carboxylic acids is 1. The number of carbonyl (C=O) groups is 3. The van der Waals surface area contributed by atoms with Gasteiger partial charge in [0.1, 0.15) is 12.6 Å². The highest BCUT2D eigenvalue weighted by atomic mass is 16.5. The Kier molecular flexibility index (Phi) is 9.33. The molecule has 3 N–H and O–H groups in total. The van der Waals surface area contributed by atoms with E-state index in [0.29, 0.717) is 6.42 Å². The number of alkyl carbamates (subject to hydrolysis) is 1. The molecule has 0 aliphatic heterocycles. The van der Waals surface area contributed by atoms with Gasteiger partial charge in [-0.25, -0.2) is 4.79 Å². The van der Waals surface area contributed by atoms with Crippen LogP contribution < -0.4 is 10.6 Å². The summed E-state index contributed by atoms with van der Waals surface area (Å²) in [4.78, 5) is 37.4. The van der Waals surface area contributed by atoms with E-state index >= 15 is 0 Å². The zero-order chi connectivity index (χ0) is 27.8. The summed E-state index contributed by atoms with van der Waals surface area (Å²) in [6.07, 6.45) is -1.26. The fourth-order valence-electron chi connectivity index (χ4n) is 4.86. The molecule has 0 saturated heterocycles. The summed E-state index contributed by atoms with van der Waals surface area (Å²) in [5, 5.41) is 14.6. The highest BCUT2D eigenvalue weighted by Gasteiger charge is 2.32. The number of fused-ring (bicyclic) bond motifs is 3. The summed E-state index contributed by atoms with van der Waals surface area (Å²) in [5.41, 5.74) is 5.32. The van der Waals surface area contributed by atoms with Crippen LogP contribution in [-0.4, -0.2) is 47.9 Å². The van der Waals surface area contributed by atoms with E-state index in [1.807, 2.05) is 66.7 Å². The minimum Gasteiger partial charge on any atom is -0.481 e. The van der Waals surface area contributed by atoms with E-state index in [2.05, 4.69) is 22.8 Å². The first-order chi connectivity index (χ1) is 18.9. The van der Waals surface area contributed by atoms with Crippen LogP contribution in [0.1, 0.15) is 49.3 Å². The van der Waals surface area contributed by atoms with Gasteiger partial charge in [-0.1, -0.05) is 85.8 Å². The van der Waals surface area contributed by atoms with Gasteiger partial charge in [-0.15, -0.1) is 0 Å². The van der Waals surface area contributed by atoms with Gasteiger partial charge in [0.05, 0.1) is 19.1 Å². The first-order valence-electron chi connectivity index (χ1n) is 13.2. The lowest BCUT2D eigenvalue weighted by atomic mass is 9.98. The van der Waals surface area contributed by atoms with Crippen LogP contribution in [0.25, 0.3) is 11.1 Å². The zero-order valence-electron chi connectivity index (χ0n) is 22.1. The SMILES string of the molecule is CCC(CC(=O)O)NC(=O)C(NC(=O)OCC1c2ccccc2-c2ccccc21)C(C)OCc1ccccc1. The van der Waals surface area contributed by atoms with Gasteiger partial charge in [0, 0.05) is 12.0 Å². The normalized spacial score (nSPS) is 14.4. The van der Waals surface area contributed by atoms with Crippen molar-refractivity contribution < 1.29 is 29.0 Å². The lowest BCUT2D eigenvalue weighted by Crippen LogP contribution is -2.55. The molecule has 4 rings (SSSR count). The van der Waals surface area contributed by atoms with Gasteiger partial charge in [-0.05, 0) is 41.2 Å². The van der Waals surface area contributed by atoms with Crippen molar-refractivity contribution in [1.82, 2.24) is 10.6 Å². The maximum Gasteiger partial charge on any atom is 0.407 e.